The molecule has 0 aliphatic heterocycles. The molecule has 0 spiro atoms. The standard InChI is InChI=1S/C18H22N4O3/c1-4-12-19-15(23)10-11-16(24)20-17-13(2)21(3)22(18(17)25)14-8-6-5-7-9-14/h4-9H,1,10-12H2,2-3H3,(H,19,23)(H,20,24). The van der Waals surface area contributed by atoms with Gasteiger partial charge in [-0.3, -0.25) is 19.1 Å². The second-order valence-corrected chi connectivity index (χ2v) is 5.58. The van der Waals surface area contributed by atoms with Gasteiger partial charge < -0.3 is 10.6 Å². The number of hydrogen-bond acceptors (Lipinski definition) is 3. The third-order valence-corrected chi connectivity index (χ3v) is 3.84. The average Bonchev–Trinajstić information content (AvgIpc) is 2.82. The third-order valence-electron chi connectivity index (χ3n) is 3.84. The molecule has 2 aromatic rings. The van der Waals surface area contributed by atoms with E-state index in [4.69, 9.17) is 0 Å². The predicted molar refractivity (Wildman–Crippen MR) is 96.8 cm³/mol. The lowest BCUT2D eigenvalue weighted by Gasteiger charge is -2.07. The zero-order chi connectivity index (χ0) is 18.4. The fraction of sp³-hybridized carbons (Fsp3) is 0.278. The normalized spacial score (nSPS) is 10.3. The average molecular weight is 342 g/mol. The van der Waals surface area contributed by atoms with Crippen LogP contribution in [0.15, 0.2) is 47.8 Å². The zero-order valence-corrected chi connectivity index (χ0v) is 14.4. The molecule has 7 nitrogen and oxygen atoms in total. The molecule has 0 saturated carbocycles. The third kappa shape index (κ3) is 4.26. The molecule has 0 saturated heterocycles. The van der Waals surface area contributed by atoms with E-state index in [0.29, 0.717) is 17.9 Å². The molecule has 0 bridgehead atoms. The molecule has 1 aromatic carbocycles. The van der Waals surface area contributed by atoms with E-state index in [1.165, 1.54) is 4.68 Å². The molecular formula is C18H22N4O3. The molecule has 0 atom stereocenters. The van der Waals surface area contributed by atoms with E-state index in [-0.39, 0.29) is 35.9 Å². The molecule has 1 heterocycles. The molecule has 2 rings (SSSR count). The Morgan fingerprint density at radius 3 is 2.44 bits per heavy atom. The highest BCUT2D eigenvalue weighted by Crippen LogP contribution is 2.14. The summed E-state index contributed by atoms with van der Waals surface area (Å²) in [7, 11) is 1.75. The minimum atomic E-state index is -0.375. The number of carbonyl (C=O) groups excluding carboxylic acids is 2. The van der Waals surface area contributed by atoms with Crippen molar-refractivity contribution in [2.75, 3.05) is 11.9 Å². The van der Waals surface area contributed by atoms with Crippen molar-refractivity contribution in [3.05, 3.63) is 59.0 Å². The summed E-state index contributed by atoms with van der Waals surface area (Å²) in [6.07, 6.45) is 1.62. The van der Waals surface area contributed by atoms with Gasteiger partial charge >= 0.3 is 0 Å². The Kier molecular flexibility index (Phi) is 5.94. The van der Waals surface area contributed by atoms with Crippen molar-refractivity contribution >= 4 is 17.5 Å². The Morgan fingerprint density at radius 1 is 1.16 bits per heavy atom. The number of nitrogens with zero attached hydrogens (tertiary/aromatic N) is 2. The summed E-state index contributed by atoms with van der Waals surface area (Å²) in [5.41, 5.74) is 1.26. The van der Waals surface area contributed by atoms with E-state index < -0.39 is 0 Å². The Balaban J connectivity index is 2.13. The summed E-state index contributed by atoms with van der Waals surface area (Å²) < 4.78 is 3.17. The second kappa shape index (κ2) is 8.14. The van der Waals surface area contributed by atoms with Crippen molar-refractivity contribution in [2.24, 2.45) is 7.05 Å². The Bertz CT molecular complexity index is 834. The summed E-state index contributed by atoms with van der Waals surface area (Å²) in [5.74, 6) is -0.610. The van der Waals surface area contributed by atoms with Crippen LogP contribution in [0.3, 0.4) is 0 Å². The number of benzene rings is 1. The van der Waals surface area contributed by atoms with Crippen molar-refractivity contribution in [3.8, 4) is 5.69 Å². The maximum atomic E-state index is 12.7. The van der Waals surface area contributed by atoms with Crippen LogP contribution in [-0.2, 0) is 16.6 Å². The van der Waals surface area contributed by atoms with Gasteiger partial charge in [0.05, 0.1) is 11.4 Å². The van der Waals surface area contributed by atoms with E-state index in [2.05, 4.69) is 17.2 Å². The highest BCUT2D eigenvalue weighted by Gasteiger charge is 2.18. The second-order valence-electron chi connectivity index (χ2n) is 5.58. The quantitative estimate of drug-likeness (QED) is 0.748. The summed E-state index contributed by atoms with van der Waals surface area (Å²) >= 11 is 0. The Labute approximate surface area is 145 Å². The van der Waals surface area contributed by atoms with Crippen molar-refractivity contribution in [1.82, 2.24) is 14.7 Å². The smallest absolute Gasteiger partial charge is 0.295 e. The molecule has 1 aromatic heterocycles. The summed E-state index contributed by atoms with van der Waals surface area (Å²) in [5, 5.41) is 5.23. The van der Waals surface area contributed by atoms with Gasteiger partial charge in [-0.2, -0.15) is 0 Å². The predicted octanol–water partition coefficient (Wildman–Crippen LogP) is 1.51. The van der Waals surface area contributed by atoms with Crippen LogP contribution in [0.4, 0.5) is 5.69 Å². The lowest BCUT2D eigenvalue weighted by Crippen LogP contribution is -2.26. The highest BCUT2D eigenvalue weighted by molar-refractivity contribution is 5.93. The van der Waals surface area contributed by atoms with Gasteiger partial charge in [0, 0.05) is 26.4 Å². The van der Waals surface area contributed by atoms with Crippen molar-refractivity contribution in [2.45, 2.75) is 19.8 Å². The van der Waals surface area contributed by atoms with Crippen LogP contribution in [0.1, 0.15) is 18.5 Å². The molecule has 2 amide bonds. The Hall–Kier alpha value is -3.09. The molecule has 132 valence electrons. The SMILES string of the molecule is C=CCNC(=O)CCC(=O)Nc1c(C)n(C)n(-c2ccccc2)c1=O. The molecule has 2 N–H and O–H groups in total. The van der Waals surface area contributed by atoms with Gasteiger partial charge in [-0.25, -0.2) is 4.68 Å². The van der Waals surface area contributed by atoms with Crippen LogP contribution in [-0.4, -0.2) is 27.7 Å². The number of carbonyl (C=O) groups is 2. The molecule has 0 unspecified atom stereocenters. The van der Waals surface area contributed by atoms with Crippen LogP contribution in [0, 0.1) is 6.92 Å². The zero-order valence-electron chi connectivity index (χ0n) is 14.4. The van der Waals surface area contributed by atoms with E-state index in [0.717, 1.165) is 0 Å². The number of hydrogen-bond donors (Lipinski definition) is 2. The minimum absolute atomic E-state index is 0.00207. The molecule has 25 heavy (non-hydrogen) atoms. The lowest BCUT2D eigenvalue weighted by molar-refractivity contribution is -0.124. The lowest BCUT2D eigenvalue weighted by atomic mass is 10.2. The monoisotopic (exact) mass is 342 g/mol. The van der Waals surface area contributed by atoms with E-state index in [1.54, 1.807) is 24.7 Å². The molecule has 0 fully saturated rings. The minimum Gasteiger partial charge on any atom is -0.353 e. The maximum Gasteiger partial charge on any atom is 0.295 e. The molecule has 0 aliphatic rings. The summed E-state index contributed by atoms with van der Waals surface area (Å²) in [6, 6.07) is 9.17. The molecular weight excluding hydrogens is 320 g/mol. The van der Waals surface area contributed by atoms with Gasteiger partial charge in [-0.1, -0.05) is 24.3 Å². The van der Waals surface area contributed by atoms with Gasteiger partial charge in [0.25, 0.3) is 5.56 Å². The summed E-state index contributed by atoms with van der Waals surface area (Å²) in [4.78, 5) is 36.3. The maximum absolute atomic E-state index is 12.7. The first-order valence-corrected chi connectivity index (χ1v) is 7.97. The number of rotatable bonds is 7. The van der Waals surface area contributed by atoms with E-state index in [9.17, 15) is 14.4 Å². The first-order chi connectivity index (χ1) is 12.0. The van der Waals surface area contributed by atoms with Crippen molar-refractivity contribution in [1.29, 1.82) is 0 Å². The number of aromatic nitrogens is 2. The first kappa shape index (κ1) is 18.3. The fourth-order valence-corrected chi connectivity index (χ4v) is 2.42. The molecule has 0 aliphatic carbocycles. The van der Waals surface area contributed by atoms with Gasteiger partial charge in [0.2, 0.25) is 11.8 Å². The van der Waals surface area contributed by atoms with Crippen LogP contribution in [0.5, 0.6) is 0 Å². The van der Waals surface area contributed by atoms with Crippen LogP contribution < -0.4 is 16.2 Å². The largest absolute Gasteiger partial charge is 0.353 e. The van der Waals surface area contributed by atoms with E-state index >= 15 is 0 Å². The van der Waals surface area contributed by atoms with Crippen molar-refractivity contribution < 1.29 is 9.59 Å². The topological polar surface area (TPSA) is 85.1 Å². The fourth-order valence-electron chi connectivity index (χ4n) is 2.42. The van der Waals surface area contributed by atoms with Crippen LogP contribution >= 0.6 is 0 Å². The van der Waals surface area contributed by atoms with Crippen LogP contribution in [0.2, 0.25) is 0 Å². The highest BCUT2D eigenvalue weighted by atomic mass is 16.2. The number of amides is 2. The van der Waals surface area contributed by atoms with E-state index in [1.807, 2.05) is 30.3 Å². The van der Waals surface area contributed by atoms with Gasteiger partial charge in [0.1, 0.15) is 5.69 Å². The number of para-hydroxylation sites is 1. The van der Waals surface area contributed by atoms with Gasteiger partial charge in [-0.05, 0) is 19.1 Å². The number of nitrogens with one attached hydrogen (secondary N) is 2. The first-order valence-electron chi connectivity index (χ1n) is 7.97. The molecule has 7 heteroatoms. The van der Waals surface area contributed by atoms with Crippen LogP contribution in [0.25, 0.3) is 5.69 Å². The Morgan fingerprint density at radius 2 is 1.80 bits per heavy atom. The molecule has 0 radical (unpaired) electrons. The number of anilines is 1. The summed E-state index contributed by atoms with van der Waals surface area (Å²) in [6.45, 7) is 5.62. The van der Waals surface area contributed by atoms with Gasteiger partial charge in [0.15, 0.2) is 0 Å². The van der Waals surface area contributed by atoms with Gasteiger partial charge in [-0.15, -0.1) is 6.58 Å². The van der Waals surface area contributed by atoms with Crippen molar-refractivity contribution in [3.63, 3.8) is 0 Å².